The Morgan fingerprint density at radius 2 is 2.14 bits per heavy atom. The molecule has 0 aliphatic carbocycles. The normalized spacial score (nSPS) is 23.1. The summed E-state index contributed by atoms with van der Waals surface area (Å²) in [5.74, 6) is 3.76. The lowest BCUT2D eigenvalue weighted by molar-refractivity contribution is -0.00922. The fourth-order valence-electron chi connectivity index (χ4n) is 3.81. The van der Waals surface area contributed by atoms with Gasteiger partial charge in [0.15, 0.2) is 0 Å². The van der Waals surface area contributed by atoms with E-state index in [1.54, 1.807) is 13.1 Å². The van der Waals surface area contributed by atoms with Crippen molar-refractivity contribution >= 4 is 17.6 Å². The van der Waals surface area contributed by atoms with Crippen LogP contribution in [0.4, 0.5) is 5.82 Å². The summed E-state index contributed by atoms with van der Waals surface area (Å²) < 4.78 is 5.53. The molecule has 4 rings (SSSR count). The maximum atomic E-state index is 12.0. The zero-order valence-electron chi connectivity index (χ0n) is 16.5. The van der Waals surface area contributed by atoms with Crippen LogP contribution in [-0.4, -0.2) is 69.7 Å². The van der Waals surface area contributed by atoms with E-state index in [-0.39, 0.29) is 11.1 Å². The molecular formula is C20H27N5O2S. The van der Waals surface area contributed by atoms with E-state index in [1.165, 1.54) is 12.2 Å². The van der Waals surface area contributed by atoms with Crippen molar-refractivity contribution in [3.05, 3.63) is 39.9 Å². The molecule has 2 saturated heterocycles. The van der Waals surface area contributed by atoms with Gasteiger partial charge in [0, 0.05) is 53.9 Å². The minimum Gasteiger partial charge on any atom is -0.379 e. The van der Waals surface area contributed by atoms with Crippen LogP contribution in [0.3, 0.4) is 0 Å². The van der Waals surface area contributed by atoms with Gasteiger partial charge in [-0.1, -0.05) is 0 Å². The standard InChI is InChI=1S/C20H27N5O2S/c1-14-15(2)23-18(24-19(14)26)16-3-4-17(21-11-16)22-12-20(5-10-28-13-20)25-6-8-27-9-7-25/h3-4,11H,5-10,12-13H2,1-2H3,(H,21,22)(H,23,24,26). The highest BCUT2D eigenvalue weighted by molar-refractivity contribution is 7.99. The third kappa shape index (κ3) is 3.94. The van der Waals surface area contributed by atoms with Gasteiger partial charge in [0.05, 0.1) is 13.2 Å². The first kappa shape index (κ1) is 19.4. The number of morpholine rings is 1. The van der Waals surface area contributed by atoms with Gasteiger partial charge in [0.25, 0.3) is 5.56 Å². The van der Waals surface area contributed by atoms with Gasteiger partial charge in [-0.3, -0.25) is 9.69 Å². The van der Waals surface area contributed by atoms with E-state index in [2.05, 4.69) is 25.2 Å². The number of nitrogens with zero attached hydrogens (tertiary/aromatic N) is 3. The highest BCUT2D eigenvalue weighted by Gasteiger charge is 2.40. The van der Waals surface area contributed by atoms with Crippen LogP contribution in [0.5, 0.6) is 0 Å². The molecule has 0 saturated carbocycles. The molecule has 2 N–H and O–H groups in total. The summed E-state index contributed by atoms with van der Waals surface area (Å²) >= 11 is 2.03. The number of ether oxygens (including phenoxy) is 1. The second kappa shape index (κ2) is 8.23. The molecule has 2 aromatic heterocycles. The molecule has 8 heteroatoms. The quantitative estimate of drug-likeness (QED) is 0.793. The first-order valence-corrected chi connectivity index (χ1v) is 10.9. The molecule has 0 radical (unpaired) electrons. The van der Waals surface area contributed by atoms with Gasteiger partial charge in [-0.15, -0.1) is 0 Å². The van der Waals surface area contributed by atoms with E-state index >= 15 is 0 Å². The predicted molar refractivity (Wildman–Crippen MR) is 113 cm³/mol. The van der Waals surface area contributed by atoms with Crippen molar-refractivity contribution in [1.82, 2.24) is 19.9 Å². The number of thioether (sulfide) groups is 1. The van der Waals surface area contributed by atoms with Crippen molar-refractivity contribution in [2.75, 3.05) is 49.7 Å². The van der Waals surface area contributed by atoms with Crippen LogP contribution >= 0.6 is 11.8 Å². The van der Waals surface area contributed by atoms with Crippen LogP contribution in [0, 0.1) is 13.8 Å². The largest absolute Gasteiger partial charge is 0.379 e. The number of aromatic amines is 1. The molecule has 2 fully saturated rings. The molecule has 150 valence electrons. The fraction of sp³-hybridized carbons (Fsp3) is 0.550. The molecule has 1 unspecified atom stereocenters. The van der Waals surface area contributed by atoms with Gasteiger partial charge in [0.2, 0.25) is 0 Å². The van der Waals surface area contributed by atoms with Gasteiger partial charge in [-0.05, 0) is 38.2 Å². The molecule has 0 aromatic carbocycles. The molecular weight excluding hydrogens is 374 g/mol. The summed E-state index contributed by atoms with van der Waals surface area (Å²) in [5, 5.41) is 3.54. The summed E-state index contributed by atoms with van der Waals surface area (Å²) in [6, 6.07) is 3.91. The third-order valence-corrected chi connectivity index (χ3v) is 7.03. The van der Waals surface area contributed by atoms with Crippen molar-refractivity contribution < 1.29 is 4.74 Å². The molecule has 2 aliphatic rings. The molecule has 0 spiro atoms. The van der Waals surface area contributed by atoms with Gasteiger partial charge < -0.3 is 15.0 Å². The molecule has 0 bridgehead atoms. The minimum absolute atomic E-state index is 0.101. The van der Waals surface area contributed by atoms with Crippen LogP contribution in [0.25, 0.3) is 11.4 Å². The predicted octanol–water partition coefficient (Wildman–Crippen LogP) is 2.07. The van der Waals surface area contributed by atoms with Crippen molar-refractivity contribution in [2.24, 2.45) is 0 Å². The average Bonchev–Trinajstić information content (AvgIpc) is 3.21. The molecule has 2 aromatic rings. The summed E-state index contributed by atoms with van der Waals surface area (Å²) in [6.07, 6.45) is 2.96. The zero-order chi connectivity index (χ0) is 19.6. The van der Waals surface area contributed by atoms with Gasteiger partial charge >= 0.3 is 0 Å². The van der Waals surface area contributed by atoms with Crippen LogP contribution in [0.1, 0.15) is 17.7 Å². The Bertz CT molecular complexity index is 871. The third-order valence-electron chi connectivity index (χ3n) is 5.79. The Morgan fingerprint density at radius 3 is 2.79 bits per heavy atom. The van der Waals surface area contributed by atoms with Crippen LogP contribution in [0.2, 0.25) is 0 Å². The number of hydrogen-bond acceptors (Lipinski definition) is 7. The topological polar surface area (TPSA) is 83.1 Å². The number of nitrogens with one attached hydrogen (secondary N) is 2. The highest BCUT2D eigenvalue weighted by atomic mass is 32.2. The second-order valence-corrected chi connectivity index (χ2v) is 8.64. The Hall–Kier alpha value is -1.90. The monoisotopic (exact) mass is 401 g/mol. The number of H-pyrrole nitrogens is 1. The Kier molecular flexibility index (Phi) is 5.70. The summed E-state index contributed by atoms with van der Waals surface area (Å²) in [6.45, 7) is 8.15. The van der Waals surface area contributed by atoms with Crippen LogP contribution in [0.15, 0.2) is 23.1 Å². The van der Waals surface area contributed by atoms with Gasteiger partial charge in [-0.2, -0.15) is 11.8 Å². The highest BCUT2D eigenvalue weighted by Crippen LogP contribution is 2.34. The summed E-state index contributed by atoms with van der Waals surface area (Å²) in [5.41, 5.74) is 2.28. The van der Waals surface area contributed by atoms with Crippen molar-refractivity contribution in [1.29, 1.82) is 0 Å². The zero-order valence-corrected chi connectivity index (χ0v) is 17.3. The van der Waals surface area contributed by atoms with Crippen LogP contribution < -0.4 is 10.9 Å². The molecule has 1 atom stereocenters. The van der Waals surface area contributed by atoms with Crippen molar-refractivity contribution in [3.63, 3.8) is 0 Å². The molecule has 28 heavy (non-hydrogen) atoms. The Morgan fingerprint density at radius 1 is 1.32 bits per heavy atom. The van der Waals surface area contributed by atoms with Gasteiger partial charge in [0.1, 0.15) is 11.6 Å². The molecule has 2 aliphatic heterocycles. The van der Waals surface area contributed by atoms with E-state index in [1.807, 2.05) is 30.8 Å². The van der Waals surface area contributed by atoms with Crippen LogP contribution in [-0.2, 0) is 4.74 Å². The fourth-order valence-corrected chi connectivity index (χ4v) is 5.29. The lowest BCUT2D eigenvalue weighted by atomic mass is 9.95. The van der Waals surface area contributed by atoms with E-state index in [0.717, 1.165) is 55.7 Å². The van der Waals surface area contributed by atoms with Crippen molar-refractivity contribution in [2.45, 2.75) is 25.8 Å². The first-order valence-electron chi connectivity index (χ1n) is 9.76. The number of rotatable bonds is 5. The second-order valence-electron chi connectivity index (χ2n) is 7.54. The number of aromatic nitrogens is 3. The lowest BCUT2D eigenvalue weighted by Gasteiger charge is -2.43. The molecule has 4 heterocycles. The van der Waals surface area contributed by atoms with E-state index in [9.17, 15) is 4.79 Å². The van der Waals surface area contributed by atoms with E-state index in [0.29, 0.717) is 11.4 Å². The van der Waals surface area contributed by atoms with E-state index < -0.39 is 0 Å². The minimum atomic E-state index is -0.101. The Balaban J connectivity index is 1.46. The number of anilines is 1. The number of aryl methyl sites for hydroxylation is 1. The van der Waals surface area contributed by atoms with Crippen molar-refractivity contribution in [3.8, 4) is 11.4 Å². The summed E-state index contributed by atoms with van der Waals surface area (Å²) in [4.78, 5) is 26.4. The van der Waals surface area contributed by atoms with Gasteiger partial charge in [-0.25, -0.2) is 9.97 Å². The van der Waals surface area contributed by atoms with E-state index in [4.69, 9.17) is 4.74 Å². The Labute approximate surface area is 169 Å². The maximum absolute atomic E-state index is 12.0. The smallest absolute Gasteiger partial charge is 0.254 e. The lowest BCUT2D eigenvalue weighted by Crippen LogP contribution is -2.57. The number of pyridine rings is 1. The first-order chi connectivity index (χ1) is 13.6. The maximum Gasteiger partial charge on any atom is 0.254 e. The summed E-state index contributed by atoms with van der Waals surface area (Å²) in [7, 11) is 0. The number of hydrogen-bond donors (Lipinski definition) is 2. The molecule has 7 nitrogen and oxygen atoms in total. The molecule has 0 amide bonds. The average molecular weight is 402 g/mol. The SMILES string of the molecule is Cc1nc(-c2ccc(NCC3(N4CCOCC4)CCSC3)nc2)[nH]c(=O)c1C.